The van der Waals surface area contributed by atoms with Crippen molar-refractivity contribution in [1.29, 1.82) is 0 Å². The summed E-state index contributed by atoms with van der Waals surface area (Å²) in [5, 5.41) is 2.71. The first kappa shape index (κ1) is 22.2. The van der Waals surface area contributed by atoms with Crippen molar-refractivity contribution in [3.05, 3.63) is 76.1 Å². The van der Waals surface area contributed by atoms with E-state index in [1.165, 1.54) is 13.2 Å². The van der Waals surface area contributed by atoms with E-state index in [1.54, 1.807) is 32.4 Å². The molecule has 0 N–H and O–H groups in total. The first-order valence-corrected chi connectivity index (χ1v) is 10.4. The molecule has 0 saturated heterocycles. The van der Waals surface area contributed by atoms with Crippen molar-refractivity contribution in [2.45, 2.75) is 19.4 Å². The monoisotopic (exact) mass is 448 g/mol. The molecule has 0 atom stereocenters. The first-order valence-electron chi connectivity index (χ1n) is 10.4. The summed E-state index contributed by atoms with van der Waals surface area (Å²) in [6, 6.07) is 16.4. The molecule has 0 amide bonds. The molecule has 0 bridgehead atoms. The Labute approximate surface area is 190 Å². The van der Waals surface area contributed by atoms with Crippen LogP contribution in [0, 0.1) is 0 Å². The number of aryl methyl sites for hydroxylation is 1. The Morgan fingerprint density at radius 3 is 2.33 bits per heavy atom. The third-order valence-corrected chi connectivity index (χ3v) is 5.45. The number of carbonyl (C=O) groups excluding carboxylic acids is 1. The van der Waals surface area contributed by atoms with Crippen molar-refractivity contribution in [2.24, 2.45) is 0 Å². The maximum absolute atomic E-state index is 12.5. The fourth-order valence-electron chi connectivity index (χ4n) is 3.89. The van der Waals surface area contributed by atoms with E-state index < -0.39 is 5.63 Å². The van der Waals surface area contributed by atoms with Crippen LogP contribution in [0.25, 0.3) is 21.7 Å². The number of benzene rings is 3. The molecule has 3 aromatic carbocycles. The maximum atomic E-state index is 12.5. The van der Waals surface area contributed by atoms with E-state index in [-0.39, 0.29) is 19.0 Å². The van der Waals surface area contributed by atoms with Crippen LogP contribution in [0.3, 0.4) is 0 Å². The molecule has 0 saturated carbocycles. The van der Waals surface area contributed by atoms with Gasteiger partial charge in [-0.1, -0.05) is 30.3 Å². The molecule has 0 spiro atoms. The first-order chi connectivity index (χ1) is 16.0. The third kappa shape index (κ3) is 4.62. The standard InChI is InChI=1S/C26H24O7/c1-29-21-12-16(13-22(30-2)26(21)31-3)8-11-23(27)32-15-18-14-24(28)33-20-10-9-17-6-4-5-7-19(17)25(18)20/h4-7,9-10,12-14H,8,11,15H2,1-3H3. The molecular weight excluding hydrogens is 424 g/mol. The molecule has 0 aliphatic carbocycles. The van der Waals surface area contributed by atoms with Gasteiger partial charge in [-0.2, -0.15) is 0 Å². The molecule has 0 unspecified atom stereocenters. The molecule has 4 aromatic rings. The van der Waals surface area contributed by atoms with Gasteiger partial charge in [0.25, 0.3) is 0 Å². The quantitative estimate of drug-likeness (QED) is 0.220. The molecule has 7 nitrogen and oxygen atoms in total. The van der Waals surface area contributed by atoms with Gasteiger partial charge >= 0.3 is 11.6 Å². The van der Waals surface area contributed by atoms with Crippen molar-refractivity contribution in [3.63, 3.8) is 0 Å². The van der Waals surface area contributed by atoms with E-state index in [9.17, 15) is 9.59 Å². The number of fused-ring (bicyclic) bond motifs is 3. The van der Waals surface area contributed by atoms with Crippen LogP contribution in [0.15, 0.2) is 63.8 Å². The van der Waals surface area contributed by atoms with Crippen LogP contribution in [-0.2, 0) is 22.6 Å². The van der Waals surface area contributed by atoms with Crippen molar-refractivity contribution < 1.29 is 28.2 Å². The van der Waals surface area contributed by atoms with Gasteiger partial charge < -0.3 is 23.4 Å². The molecule has 1 heterocycles. The number of esters is 1. The number of ether oxygens (including phenoxy) is 4. The highest BCUT2D eigenvalue weighted by Gasteiger charge is 2.15. The minimum absolute atomic E-state index is 0.0236. The highest BCUT2D eigenvalue weighted by molar-refractivity contribution is 6.07. The highest BCUT2D eigenvalue weighted by atomic mass is 16.5. The van der Waals surface area contributed by atoms with Gasteiger partial charge in [-0.3, -0.25) is 4.79 Å². The number of carbonyl (C=O) groups is 1. The molecule has 33 heavy (non-hydrogen) atoms. The number of rotatable bonds is 8. The van der Waals surface area contributed by atoms with E-state index in [1.807, 2.05) is 30.3 Å². The summed E-state index contributed by atoms with van der Waals surface area (Å²) in [6.07, 6.45) is 0.578. The zero-order valence-electron chi connectivity index (χ0n) is 18.7. The molecule has 170 valence electrons. The van der Waals surface area contributed by atoms with Crippen molar-refractivity contribution in [3.8, 4) is 17.2 Å². The fraction of sp³-hybridized carbons (Fsp3) is 0.231. The number of hydrogen-bond acceptors (Lipinski definition) is 7. The molecule has 1 aromatic heterocycles. The van der Waals surface area contributed by atoms with Gasteiger partial charge in [-0.15, -0.1) is 0 Å². The second-order valence-electron chi connectivity index (χ2n) is 7.44. The normalized spacial score (nSPS) is 10.9. The molecule has 0 radical (unpaired) electrons. The summed E-state index contributed by atoms with van der Waals surface area (Å²) in [7, 11) is 4.62. The molecule has 0 fully saturated rings. The largest absolute Gasteiger partial charge is 0.493 e. The lowest BCUT2D eigenvalue weighted by Gasteiger charge is -2.14. The predicted octanol–water partition coefficient (Wildman–Crippen LogP) is 4.65. The number of methoxy groups -OCH3 is 3. The summed E-state index contributed by atoms with van der Waals surface area (Å²) in [5.41, 5.74) is 1.43. The Morgan fingerprint density at radius 1 is 0.909 bits per heavy atom. The molecule has 4 rings (SSSR count). The van der Waals surface area contributed by atoms with Gasteiger partial charge in [0.15, 0.2) is 11.5 Å². The van der Waals surface area contributed by atoms with E-state index in [4.69, 9.17) is 23.4 Å². The fourth-order valence-corrected chi connectivity index (χ4v) is 3.89. The smallest absolute Gasteiger partial charge is 0.336 e. The molecule has 0 aliphatic rings. The SMILES string of the molecule is COc1cc(CCC(=O)OCc2cc(=O)oc3ccc4ccccc4c23)cc(OC)c1OC. The summed E-state index contributed by atoms with van der Waals surface area (Å²) >= 11 is 0. The molecule has 7 heteroatoms. The summed E-state index contributed by atoms with van der Waals surface area (Å²) in [6.45, 7) is -0.0236. The summed E-state index contributed by atoms with van der Waals surface area (Å²) in [4.78, 5) is 24.5. The second-order valence-corrected chi connectivity index (χ2v) is 7.44. The second kappa shape index (κ2) is 9.65. The van der Waals surface area contributed by atoms with Crippen LogP contribution in [0.5, 0.6) is 17.2 Å². The van der Waals surface area contributed by atoms with Crippen LogP contribution in [0.2, 0.25) is 0 Å². The Kier molecular flexibility index (Phi) is 6.49. The third-order valence-electron chi connectivity index (χ3n) is 5.45. The van der Waals surface area contributed by atoms with Gasteiger partial charge in [0, 0.05) is 23.4 Å². The minimum atomic E-state index is -0.485. The van der Waals surface area contributed by atoms with E-state index in [2.05, 4.69) is 0 Å². The predicted molar refractivity (Wildman–Crippen MR) is 124 cm³/mol. The van der Waals surface area contributed by atoms with E-state index >= 15 is 0 Å². The highest BCUT2D eigenvalue weighted by Crippen LogP contribution is 2.38. The van der Waals surface area contributed by atoms with Gasteiger partial charge in [-0.25, -0.2) is 4.79 Å². The van der Waals surface area contributed by atoms with Gasteiger partial charge in [0.05, 0.1) is 21.3 Å². The van der Waals surface area contributed by atoms with Crippen LogP contribution in [-0.4, -0.2) is 27.3 Å². The van der Waals surface area contributed by atoms with Crippen molar-refractivity contribution >= 4 is 27.7 Å². The summed E-state index contributed by atoms with van der Waals surface area (Å²) in [5.74, 6) is 1.16. The van der Waals surface area contributed by atoms with Crippen molar-refractivity contribution in [1.82, 2.24) is 0 Å². The van der Waals surface area contributed by atoms with Crippen molar-refractivity contribution in [2.75, 3.05) is 21.3 Å². The molecular formula is C26H24O7. The van der Waals surface area contributed by atoms with Gasteiger partial charge in [-0.05, 0) is 41.0 Å². The Balaban J connectivity index is 1.51. The Morgan fingerprint density at radius 2 is 1.64 bits per heavy atom. The number of hydrogen-bond donors (Lipinski definition) is 0. The lowest BCUT2D eigenvalue weighted by atomic mass is 10.0. The van der Waals surface area contributed by atoms with Crippen LogP contribution in [0.1, 0.15) is 17.5 Å². The lowest BCUT2D eigenvalue weighted by Crippen LogP contribution is -2.09. The average molecular weight is 448 g/mol. The zero-order chi connectivity index (χ0) is 23.4. The van der Waals surface area contributed by atoms with Crippen LogP contribution in [0.4, 0.5) is 0 Å². The topological polar surface area (TPSA) is 84.2 Å². The molecule has 0 aliphatic heterocycles. The van der Waals surface area contributed by atoms with Crippen LogP contribution >= 0.6 is 0 Å². The van der Waals surface area contributed by atoms with E-state index in [0.717, 1.165) is 21.7 Å². The average Bonchev–Trinajstić information content (AvgIpc) is 2.84. The Hall–Kier alpha value is -4.00. The maximum Gasteiger partial charge on any atom is 0.336 e. The van der Waals surface area contributed by atoms with Gasteiger partial charge in [0.2, 0.25) is 5.75 Å². The zero-order valence-corrected chi connectivity index (χ0v) is 18.7. The summed E-state index contributed by atoms with van der Waals surface area (Å²) < 4.78 is 26.9. The minimum Gasteiger partial charge on any atom is -0.493 e. The van der Waals surface area contributed by atoms with Crippen LogP contribution < -0.4 is 19.8 Å². The lowest BCUT2D eigenvalue weighted by molar-refractivity contribution is -0.144. The van der Waals surface area contributed by atoms with E-state index in [0.29, 0.717) is 34.8 Å². The Bertz CT molecular complexity index is 1350. The van der Waals surface area contributed by atoms with Gasteiger partial charge in [0.1, 0.15) is 12.2 Å².